The van der Waals surface area contributed by atoms with Gasteiger partial charge in [-0.3, -0.25) is 9.59 Å². The van der Waals surface area contributed by atoms with Gasteiger partial charge in [-0.15, -0.1) is 0 Å². The van der Waals surface area contributed by atoms with E-state index in [0.29, 0.717) is 19.3 Å². The number of rotatable bonds is 70. The summed E-state index contributed by atoms with van der Waals surface area (Å²) in [5, 5.41) is 57.4. The van der Waals surface area contributed by atoms with Crippen LogP contribution in [0.3, 0.4) is 0 Å². The maximum absolute atomic E-state index is 13.5. The zero-order valence-corrected chi connectivity index (χ0v) is 59.1. The number of ether oxygens (including phenoxy) is 3. The molecule has 8 unspecified atom stereocenters. The van der Waals surface area contributed by atoms with E-state index in [0.717, 1.165) is 57.8 Å². The maximum atomic E-state index is 13.5. The van der Waals surface area contributed by atoms with Crippen LogP contribution in [-0.4, -0.2) is 99.6 Å². The van der Waals surface area contributed by atoms with Gasteiger partial charge in [-0.25, -0.2) is 0 Å². The van der Waals surface area contributed by atoms with Gasteiger partial charge < -0.3 is 45.1 Å². The van der Waals surface area contributed by atoms with Gasteiger partial charge in [0.05, 0.1) is 25.4 Å². The predicted molar refractivity (Wildman–Crippen MR) is 375 cm³/mol. The Morgan fingerprint density at radius 2 is 0.730 bits per heavy atom. The van der Waals surface area contributed by atoms with Crippen molar-refractivity contribution in [2.75, 3.05) is 13.2 Å². The highest BCUT2D eigenvalue weighted by molar-refractivity contribution is 5.80. The van der Waals surface area contributed by atoms with Crippen LogP contribution < -0.4 is 5.32 Å². The smallest absolute Gasteiger partial charge is 0.306 e. The molecule has 11 heteroatoms. The lowest BCUT2D eigenvalue weighted by molar-refractivity contribution is -0.305. The van der Waals surface area contributed by atoms with Crippen LogP contribution in [0.15, 0.2) is 12.2 Å². The van der Waals surface area contributed by atoms with E-state index in [1.807, 2.05) is 6.08 Å². The van der Waals surface area contributed by atoms with Gasteiger partial charge in [-0.1, -0.05) is 392 Å². The normalized spacial score (nSPS) is 18.0. The molecule has 1 heterocycles. The number of unbranched alkanes of at least 4 members (excludes halogenated alkanes) is 56. The number of carbonyl (C=O) groups excluding carboxylic acids is 2. The quantitative estimate of drug-likeness (QED) is 0.0195. The maximum Gasteiger partial charge on any atom is 0.306 e. The zero-order valence-electron chi connectivity index (χ0n) is 59.1. The van der Waals surface area contributed by atoms with Crippen molar-refractivity contribution in [3.05, 3.63) is 12.2 Å². The van der Waals surface area contributed by atoms with Crippen LogP contribution in [0.4, 0.5) is 0 Å². The lowest BCUT2D eigenvalue weighted by Gasteiger charge is -2.41. The minimum atomic E-state index is -1.61. The van der Waals surface area contributed by atoms with Crippen molar-refractivity contribution in [2.45, 2.75) is 461 Å². The third-order valence-electron chi connectivity index (χ3n) is 19.2. The number of allylic oxidation sites excluding steroid dienone is 1. The number of hydrogen-bond donors (Lipinski definition) is 6. The molecule has 0 aliphatic carbocycles. The van der Waals surface area contributed by atoms with E-state index in [1.54, 1.807) is 6.08 Å². The summed E-state index contributed by atoms with van der Waals surface area (Å²) < 4.78 is 17.8. The highest BCUT2D eigenvalue weighted by Crippen LogP contribution is 2.27. The Morgan fingerprint density at radius 3 is 1.06 bits per heavy atom. The first-order chi connectivity index (χ1) is 43.7. The zero-order chi connectivity index (χ0) is 64.6. The molecule has 6 N–H and O–H groups in total. The summed E-state index contributed by atoms with van der Waals surface area (Å²) >= 11 is 0. The van der Waals surface area contributed by atoms with Crippen molar-refractivity contribution in [2.24, 2.45) is 0 Å². The molecule has 0 aromatic carbocycles. The Hall–Kier alpha value is -1.60. The molecule has 0 spiro atoms. The second-order valence-corrected chi connectivity index (χ2v) is 27.8. The fraction of sp³-hybridized carbons (Fsp3) is 0.949. The van der Waals surface area contributed by atoms with Crippen molar-refractivity contribution >= 4 is 11.9 Å². The van der Waals surface area contributed by atoms with E-state index >= 15 is 0 Å². The summed E-state index contributed by atoms with van der Waals surface area (Å²) in [4.78, 5) is 26.8. The van der Waals surface area contributed by atoms with E-state index in [-0.39, 0.29) is 13.0 Å². The molecule has 89 heavy (non-hydrogen) atoms. The minimum Gasteiger partial charge on any atom is -0.454 e. The van der Waals surface area contributed by atoms with Gasteiger partial charge >= 0.3 is 5.97 Å². The summed E-state index contributed by atoms with van der Waals surface area (Å²) in [6.07, 6.45) is 69.8. The monoisotopic (exact) mass is 1260 g/mol. The van der Waals surface area contributed by atoms with Gasteiger partial charge in [0.1, 0.15) is 24.4 Å². The number of esters is 1. The number of aliphatic hydroxyl groups excluding tert-OH is 5. The molecule has 1 amide bonds. The van der Waals surface area contributed by atoms with E-state index in [1.165, 1.54) is 308 Å². The van der Waals surface area contributed by atoms with Crippen LogP contribution in [0, 0.1) is 0 Å². The molecule has 0 aromatic rings. The molecular formula is C78H151NO10. The number of carbonyl (C=O) groups is 2. The van der Waals surface area contributed by atoms with Crippen molar-refractivity contribution < 1.29 is 49.3 Å². The molecule has 1 fully saturated rings. The minimum absolute atomic E-state index is 0.133. The highest BCUT2D eigenvalue weighted by Gasteiger charge is 2.47. The molecular weight excluding hydrogens is 1110 g/mol. The SMILES string of the molecule is CCCCCCCCCCCCC/C=C/C(O)C(COC1OC(CO)C(O)C(O)C1OC(=O)CCCCCCCCCCCCCCCCCCCCCCCCCCC)NC(=O)C(O)CCCCCCCCCCCCCCCCCCCCCCCC. The molecule has 1 aliphatic heterocycles. The Bertz CT molecular complexity index is 1500. The molecule has 1 aliphatic rings. The first kappa shape index (κ1) is 85.4. The van der Waals surface area contributed by atoms with Crippen LogP contribution in [0.2, 0.25) is 0 Å². The lowest BCUT2D eigenvalue weighted by Crippen LogP contribution is -2.61. The van der Waals surface area contributed by atoms with E-state index in [2.05, 4.69) is 26.1 Å². The summed E-state index contributed by atoms with van der Waals surface area (Å²) in [6.45, 7) is 5.89. The second-order valence-electron chi connectivity index (χ2n) is 27.8. The fourth-order valence-electron chi connectivity index (χ4n) is 13.0. The van der Waals surface area contributed by atoms with E-state index in [4.69, 9.17) is 14.2 Å². The third kappa shape index (κ3) is 53.4. The number of hydrogen-bond acceptors (Lipinski definition) is 10. The second kappa shape index (κ2) is 66.4. The lowest BCUT2D eigenvalue weighted by atomic mass is 9.99. The Balaban J connectivity index is 2.51. The predicted octanol–water partition coefficient (Wildman–Crippen LogP) is 21.0. The van der Waals surface area contributed by atoms with E-state index < -0.39 is 67.4 Å². The Morgan fingerprint density at radius 1 is 0.427 bits per heavy atom. The molecule has 11 nitrogen and oxygen atoms in total. The largest absolute Gasteiger partial charge is 0.454 e. The Labute approximate surface area is 550 Å². The van der Waals surface area contributed by atoms with Crippen molar-refractivity contribution in [1.82, 2.24) is 5.32 Å². The molecule has 528 valence electrons. The molecule has 0 bridgehead atoms. The topological polar surface area (TPSA) is 175 Å². The first-order valence-corrected chi connectivity index (χ1v) is 39.5. The Kier molecular flexibility index (Phi) is 63.7. The van der Waals surface area contributed by atoms with Crippen LogP contribution >= 0.6 is 0 Å². The average molecular weight is 1260 g/mol. The molecule has 0 saturated carbocycles. The third-order valence-corrected chi connectivity index (χ3v) is 19.2. The standard InChI is InChI=1S/C78H151NO10/c1-4-7-10-13-16-19-22-25-27-29-31-33-35-36-37-39-41-43-45-48-51-54-57-60-63-66-73(83)89-76-75(85)74(84)72(67-80)88-78(76)87-68-69(70(81)64-61-58-55-52-49-46-24-21-18-15-12-9-6-3)79-77(86)71(82)65-62-59-56-53-50-47-44-42-40-38-34-32-30-28-26-23-20-17-14-11-8-5-2/h61,64,69-72,74-76,78,80-82,84-85H,4-60,62-63,65-68H2,1-3H3,(H,79,86)/b64-61+. The van der Waals surface area contributed by atoms with Gasteiger partial charge in [-0.05, 0) is 25.7 Å². The van der Waals surface area contributed by atoms with Crippen molar-refractivity contribution in [3.8, 4) is 0 Å². The van der Waals surface area contributed by atoms with Gasteiger partial charge in [0.25, 0.3) is 0 Å². The highest BCUT2D eigenvalue weighted by atomic mass is 16.7. The van der Waals surface area contributed by atoms with Gasteiger partial charge in [-0.2, -0.15) is 0 Å². The summed E-state index contributed by atoms with van der Waals surface area (Å²) in [5.74, 6) is -1.17. The van der Waals surface area contributed by atoms with Crippen molar-refractivity contribution in [3.63, 3.8) is 0 Å². The van der Waals surface area contributed by atoms with Crippen molar-refractivity contribution in [1.29, 1.82) is 0 Å². The molecule has 8 atom stereocenters. The summed E-state index contributed by atoms with van der Waals surface area (Å²) in [6, 6.07) is -1.02. The average Bonchev–Trinajstić information content (AvgIpc) is 3.20. The van der Waals surface area contributed by atoms with Crippen LogP contribution in [-0.2, 0) is 23.8 Å². The summed E-state index contributed by atoms with van der Waals surface area (Å²) in [5.41, 5.74) is 0. The fourth-order valence-corrected chi connectivity index (χ4v) is 13.0. The molecule has 1 rings (SSSR count). The number of nitrogens with one attached hydrogen (secondary N) is 1. The molecule has 0 aromatic heterocycles. The molecule has 0 radical (unpaired) electrons. The van der Waals surface area contributed by atoms with Crippen LogP contribution in [0.1, 0.15) is 412 Å². The van der Waals surface area contributed by atoms with Gasteiger partial charge in [0.2, 0.25) is 5.91 Å². The van der Waals surface area contributed by atoms with E-state index in [9.17, 15) is 35.1 Å². The first-order valence-electron chi connectivity index (χ1n) is 39.5. The van der Waals surface area contributed by atoms with Crippen LogP contribution in [0.5, 0.6) is 0 Å². The van der Waals surface area contributed by atoms with Gasteiger partial charge in [0, 0.05) is 6.42 Å². The number of aliphatic hydroxyl groups is 5. The summed E-state index contributed by atoms with van der Waals surface area (Å²) in [7, 11) is 0. The van der Waals surface area contributed by atoms with Crippen LogP contribution in [0.25, 0.3) is 0 Å². The number of amides is 1. The molecule has 1 saturated heterocycles. The van der Waals surface area contributed by atoms with Gasteiger partial charge in [0.15, 0.2) is 12.4 Å².